The first-order valence-electron chi connectivity index (χ1n) is 6.26. The van der Waals surface area contributed by atoms with Gasteiger partial charge in [0.05, 0.1) is 12.2 Å². The summed E-state index contributed by atoms with van der Waals surface area (Å²) in [6.07, 6.45) is 0.469. The van der Waals surface area contributed by atoms with Crippen LogP contribution in [0.2, 0.25) is 5.02 Å². The molecular weight excluding hydrogens is 284 g/mol. The van der Waals surface area contributed by atoms with E-state index in [0.717, 1.165) is 5.56 Å². The van der Waals surface area contributed by atoms with E-state index in [0.29, 0.717) is 29.4 Å². The molecule has 2 aromatic rings. The zero-order valence-electron chi connectivity index (χ0n) is 10.5. The Morgan fingerprint density at radius 3 is 2.85 bits per heavy atom. The Bertz CT molecular complexity index is 648. The predicted molar refractivity (Wildman–Crippen MR) is 74.4 cm³/mol. The molecule has 1 N–H and O–H groups in total. The molecule has 20 heavy (non-hydrogen) atoms. The fourth-order valence-electron chi connectivity index (χ4n) is 2.26. The maximum atomic E-state index is 13.6. The molecule has 5 heteroatoms. The van der Waals surface area contributed by atoms with Crippen LogP contribution in [0.3, 0.4) is 0 Å². The molecule has 0 bridgehead atoms. The van der Waals surface area contributed by atoms with E-state index < -0.39 is 5.82 Å². The van der Waals surface area contributed by atoms with Gasteiger partial charge in [0.15, 0.2) is 0 Å². The standard InChI is InChI=1S/C15H12ClF2NO/c16-10-1-3-14(13(18)7-10)19-8-12-6-9-5-11(17)2-4-15(9)20-12/h1-5,7,12,19H,6,8H2. The van der Waals surface area contributed by atoms with E-state index in [1.165, 1.54) is 18.2 Å². The molecule has 104 valence electrons. The molecule has 0 saturated heterocycles. The van der Waals surface area contributed by atoms with Crippen molar-refractivity contribution < 1.29 is 13.5 Å². The molecule has 1 unspecified atom stereocenters. The number of nitrogens with one attached hydrogen (secondary N) is 1. The van der Waals surface area contributed by atoms with Gasteiger partial charge in [-0.1, -0.05) is 11.6 Å². The zero-order valence-corrected chi connectivity index (χ0v) is 11.3. The summed E-state index contributed by atoms with van der Waals surface area (Å²) in [6, 6.07) is 8.91. The van der Waals surface area contributed by atoms with Crippen molar-refractivity contribution in [3.05, 3.63) is 58.6 Å². The van der Waals surface area contributed by atoms with Crippen LogP contribution in [-0.4, -0.2) is 12.6 Å². The summed E-state index contributed by atoms with van der Waals surface area (Å²) in [4.78, 5) is 0. The first-order chi connectivity index (χ1) is 9.61. The van der Waals surface area contributed by atoms with Crippen LogP contribution in [0.5, 0.6) is 5.75 Å². The van der Waals surface area contributed by atoms with E-state index in [-0.39, 0.29) is 11.9 Å². The zero-order chi connectivity index (χ0) is 14.1. The Balaban J connectivity index is 1.63. The highest BCUT2D eigenvalue weighted by Gasteiger charge is 2.23. The number of ether oxygens (including phenoxy) is 1. The van der Waals surface area contributed by atoms with Crippen molar-refractivity contribution in [1.29, 1.82) is 0 Å². The molecule has 0 amide bonds. The highest BCUT2D eigenvalue weighted by Crippen LogP contribution is 2.29. The molecule has 2 aromatic carbocycles. The van der Waals surface area contributed by atoms with Crippen LogP contribution in [0.1, 0.15) is 5.56 Å². The Kier molecular flexibility index (Phi) is 3.49. The summed E-state index contributed by atoms with van der Waals surface area (Å²) < 4.78 is 32.4. The van der Waals surface area contributed by atoms with E-state index in [4.69, 9.17) is 16.3 Å². The van der Waals surface area contributed by atoms with Gasteiger partial charge in [-0.15, -0.1) is 0 Å². The summed E-state index contributed by atoms with van der Waals surface area (Å²) in [5.41, 5.74) is 1.22. The Morgan fingerprint density at radius 1 is 1.20 bits per heavy atom. The van der Waals surface area contributed by atoms with Crippen molar-refractivity contribution >= 4 is 17.3 Å². The van der Waals surface area contributed by atoms with Crippen molar-refractivity contribution in [2.45, 2.75) is 12.5 Å². The average Bonchev–Trinajstić information content (AvgIpc) is 2.79. The quantitative estimate of drug-likeness (QED) is 0.923. The number of benzene rings is 2. The molecule has 0 aliphatic carbocycles. The van der Waals surface area contributed by atoms with Crippen LogP contribution in [-0.2, 0) is 6.42 Å². The maximum Gasteiger partial charge on any atom is 0.147 e. The molecule has 0 spiro atoms. The van der Waals surface area contributed by atoms with Gasteiger partial charge in [0.2, 0.25) is 0 Å². The molecule has 0 radical (unpaired) electrons. The van der Waals surface area contributed by atoms with Crippen LogP contribution < -0.4 is 10.1 Å². The van der Waals surface area contributed by atoms with Crippen LogP contribution in [0, 0.1) is 11.6 Å². The van der Waals surface area contributed by atoms with Crippen molar-refractivity contribution in [1.82, 2.24) is 0 Å². The van der Waals surface area contributed by atoms with Crippen molar-refractivity contribution in [2.75, 3.05) is 11.9 Å². The molecule has 0 saturated carbocycles. The van der Waals surface area contributed by atoms with Crippen LogP contribution in [0.4, 0.5) is 14.5 Å². The second kappa shape index (κ2) is 5.29. The van der Waals surface area contributed by atoms with Gasteiger partial charge in [-0.3, -0.25) is 0 Å². The normalized spacial score (nSPS) is 16.6. The second-order valence-electron chi connectivity index (χ2n) is 4.70. The first-order valence-corrected chi connectivity index (χ1v) is 6.63. The summed E-state index contributed by atoms with van der Waals surface area (Å²) >= 11 is 5.69. The number of anilines is 1. The summed E-state index contributed by atoms with van der Waals surface area (Å²) in [6.45, 7) is 0.439. The topological polar surface area (TPSA) is 21.3 Å². The van der Waals surface area contributed by atoms with Gasteiger partial charge in [-0.2, -0.15) is 0 Å². The van der Waals surface area contributed by atoms with E-state index in [1.54, 1.807) is 18.2 Å². The lowest BCUT2D eigenvalue weighted by molar-refractivity contribution is 0.246. The minimum atomic E-state index is -0.404. The van der Waals surface area contributed by atoms with Crippen molar-refractivity contribution in [3.63, 3.8) is 0 Å². The number of fused-ring (bicyclic) bond motifs is 1. The Labute approximate surface area is 120 Å². The van der Waals surface area contributed by atoms with Gasteiger partial charge in [0.1, 0.15) is 23.5 Å². The Morgan fingerprint density at radius 2 is 2.05 bits per heavy atom. The Hall–Kier alpha value is -1.81. The molecule has 0 aromatic heterocycles. The SMILES string of the molecule is Fc1ccc2c(c1)CC(CNc1ccc(Cl)cc1F)O2. The predicted octanol–water partition coefficient (Wildman–Crippen LogP) is 4.03. The average molecular weight is 296 g/mol. The summed E-state index contributed by atoms with van der Waals surface area (Å²) in [5, 5.41) is 3.33. The van der Waals surface area contributed by atoms with E-state index in [9.17, 15) is 8.78 Å². The third-order valence-electron chi connectivity index (χ3n) is 3.22. The number of rotatable bonds is 3. The van der Waals surface area contributed by atoms with E-state index in [1.807, 2.05) is 0 Å². The first kappa shape index (κ1) is 13.2. The fourth-order valence-corrected chi connectivity index (χ4v) is 2.42. The lowest BCUT2D eigenvalue weighted by Crippen LogP contribution is -2.24. The largest absolute Gasteiger partial charge is 0.488 e. The van der Waals surface area contributed by atoms with E-state index in [2.05, 4.69) is 5.32 Å². The van der Waals surface area contributed by atoms with E-state index >= 15 is 0 Å². The molecule has 0 fully saturated rings. The van der Waals surface area contributed by atoms with Gasteiger partial charge < -0.3 is 10.1 Å². The molecule has 1 aliphatic rings. The second-order valence-corrected chi connectivity index (χ2v) is 5.14. The summed E-state index contributed by atoms with van der Waals surface area (Å²) in [7, 11) is 0. The fraction of sp³-hybridized carbons (Fsp3) is 0.200. The highest BCUT2D eigenvalue weighted by molar-refractivity contribution is 6.30. The number of hydrogen-bond donors (Lipinski definition) is 1. The van der Waals surface area contributed by atoms with Crippen LogP contribution in [0.25, 0.3) is 0 Å². The van der Waals surface area contributed by atoms with Gasteiger partial charge in [-0.05, 0) is 36.4 Å². The summed E-state index contributed by atoms with van der Waals surface area (Å²) in [5.74, 6) is 0.0125. The number of hydrogen-bond acceptors (Lipinski definition) is 2. The lowest BCUT2D eigenvalue weighted by Gasteiger charge is -2.13. The van der Waals surface area contributed by atoms with Gasteiger partial charge >= 0.3 is 0 Å². The minimum absolute atomic E-state index is 0.137. The third-order valence-corrected chi connectivity index (χ3v) is 3.45. The molecule has 1 heterocycles. The van der Waals surface area contributed by atoms with Crippen molar-refractivity contribution in [2.24, 2.45) is 0 Å². The van der Waals surface area contributed by atoms with Crippen molar-refractivity contribution in [3.8, 4) is 5.75 Å². The monoisotopic (exact) mass is 295 g/mol. The van der Waals surface area contributed by atoms with Crippen LogP contribution >= 0.6 is 11.6 Å². The maximum absolute atomic E-state index is 13.6. The molecular formula is C15H12ClF2NO. The molecule has 1 atom stereocenters. The van der Waals surface area contributed by atoms with Gasteiger partial charge in [0.25, 0.3) is 0 Å². The lowest BCUT2D eigenvalue weighted by atomic mass is 10.1. The smallest absolute Gasteiger partial charge is 0.147 e. The highest BCUT2D eigenvalue weighted by atomic mass is 35.5. The van der Waals surface area contributed by atoms with Gasteiger partial charge in [0, 0.05) is 17.0 Å². The molecule has 2 nitrogen and oxygen atoms in total. The third kappa shape index (κ3) is 2.70. The van der Waals surface area contributed by atoms with Gasteiger partial charge in [-0.25, -0.2) is 8.78 Å². The molecule has 1 aliphatic heterocycles. The molecule has 3 rings (SSSR count). The minimum Gasteiger partial charge on any atom is -0.488 e. The van der Waals surface area contributed by atoms with Crippen LogP contribution in [0.15, 0.2) is 36.4 Å². The number of halogens is 3.